The molecule has 8 nitrogen and oxygen atoms in total. The van der Waals surface area contributed by atoms with Crippen molar-refractivity contribution in [2.45, 2.75) is 63.5 Å². The standard InChI is InChI=1S/C27H37N3O5S/c1-4-20-7-9-21(10-8-20)26(19(2)3)28-36(33,34)22-11-12-24-23(17-22)25(31)13-16-30(24)18-35-27(32)29-14-5-6-15-29/h7-12,17,19,25-26,28,31H,4-6,13-16,18H2,1-3H3. The number of nitrogens with one attached hydrogen (secondary N) is 1. The second-order valence-electron chi connectivity index (χ2n) is 9.96. The lowest BCUT2D eigenvalue weighted by molar-refractivity contribution is 0.106. The number of fused-ring (bicyclic) bond motifs is 1. The van der Waals surface area contributed by atoms with Gasteiger partial charge in [-0.25, -0.2) is 17.9 Å². The fourth-order valence-corrected chi connectivity index (χ4v) is 6.26. The third-order valence-corrected chi connectivity index (χ3v) is 8.52. The van der Waals surface area contributed by atoms with Crippen LogP contribution in [0.1, 0.15) is 68.9 Å². The summed E-state index contributed by atoms with van der Waals surface area (Å²) in [6.45, 7) is 8.04. The highest BCUT2D eigenvalue weighted by Crippen LogP contribution is 2.36. The molecule has 0 aromatic heterocycles. The van der Waals surface area contributed by atoms with Gasteiger partial charge in [0.2, 0.25) is 10.0 Å². The number of aliphatic hydroxyl groups is 1. The van der Waals surface area contributed by atoms with Gasteiger partial charge in [-0.2, -0.15) is 0 Å². The molecular formula is C27H37N3O5S. The molecule has 2 aliphatic heterocycles. The molecule has 36 heavy (non-hydrogen) atoms. The Morgan fingerprint density at radius 2 is 1.81 bits per heavy atom. The Hall–Kier alpha value is -2.62. The van der Waals surface area contributed by atoms with E-state index in [2.05, 4.69) is 11.6 Å². The maximum absolute atomic E-state index is 13.4. The van der Waals surface area contributed by atoms with Gasteiger partial charge in [-0.15, -0.1) is 0 Å². The normalized spacial score (nSPS) is 18.9. The number of hydrogen-bond donors (Lipinski definition) is 2. The molecule has 1 saturated heterocycles. The summed E-state index contributed by atoms with van der Waals surface area (Å²) in [5.74, 6) is 0.0382. The van der Waals surface area contributed by atoms with Gasteiger partial charge in [0.25, 0.3) is 0 Å². The van der Waals surface area contributed by atoms with Gasteiger partial charge in [0.05, 0.1) is 11.0 Å². The minimum Gasteiger partial charge on any atom is -0.428 e. The van der Waals surface area contributed by atoms with Crippen LogP contribution in [0.2, 0.25) is 0 Å². The molecule has 0 saturated carbocycles. The minimum atomic E-state index is -3.85. The predicted molar refractivity (Wildman–Crippen MR) is 139 cm³/mol. The highest BCUT2D eigenvalue weighted by atomic mass is 32.2. The fourth-order valence-electron chi connectivity index (χ4n) is 4.85. The average molecular weight is 516 g/mol. The van der Waals surface area contributed by atoms with E-state index < -0.39 is 16.1 Å². The van der Waals surface area contributed by atoms with Crippen LogP contribution in [0.15, 0.2) is 47.4 Å². The molecule has 196 valence electrons. The van der Waals surface area contributed by atoms with Gasteiger partial charge in [-0.1, -0.05) is 45.0 Å². The Morgan fingerprint density at radius 3 is 2.44 bits per heavy atom. The van der Waals surface area contributed by atoms with Gasteiger partial charge in [-0.05, 0) is 60.9 Å². The number of carbonyl (C=O) groups excluding carboxylic acids is 1. The largest absolute Gasteiger partial charge is 0.428 e. The molecule has 0 spiro atoms. The van der Waals surface area contributed by atoms with E-state index in [1.807, 2.05) is 43.0 Å². The molecule has 2 atom stereocenters. The summed E-state index contributed by atoms with van der Waals surface area (Å²) >= 11 is 0. The number of likely N-dealkylation sites (tertiary alicyclic amines) is 1. The third kappa shape index (κ3) is 5.85. The zero-order chi connectivity index (χ0) is 25.9. The van der Waals surface area contributed by atoms with Crippen molar-refractivity contribution >= 4 is 21.8 Å². The lowest BCUT2D eigenvalue weighted by Gasteiger charge is -2.34. The number of aryl methyl sites for hydroxylation is 1. The lowest BCUT2D eigenvalue weighted by Crippen LogP contribution is -2.37. The Morgan fingerprint density at radius 1 is 1.11 bits per heavy atom. The molecule has 0 radical (unpaired) electrons. The summed E-state index contributed by atoms with van der Waals surface area (Å²) in [4.78, 5) is 16.0. The van der Waals surface area contributed by atoms with E-state index in [1.165, 1.54) is 11.6 Å². The molecule has 2 aromatic carbocycles. The van der Waals surface area contributed by atoms with Crippen LogP contribution in [0.4, 0.5) is 10.5 Å². The number of rotatable bonds is 8. The second kappa shape index (κ2) is 11.2. The average Bonchev–Trinajstić information content (AvgIpc) is 3.42. The van der Waals surface area contributed by atoms with Crippen molar-refractivity contribution in [1.82, 2.24) is 9.62 Å². The SMILES string of the molecule is CCc1ccc(C(NS(=O)(=O)c2ccc3c(c2)C(O)CCN3COC(=O)N2CCCC2)C(C)C)cc1. The van der Waals surface area contributed by atoms with Crippen molar-refractivity contribution in [3.05, 3.63) is 59.2 Å². The van der Waals surface area contributed by atoms with Crippen molar-refractivity contribution in [3.8, 4) is 0 Å². The van der Waals surface area contributed by atoms with E-state index in [1.54, 1.807) is 17.0 Å². The molecule has 2 N–H and O–H groups in total. The summed E-state index contributed by atoms with van der Waals surface area (Å²) in [7, 11) is -3.85. The van der Waals surface area contributed by atoms with Crippen LogP contribution < -0.4 is 9.62 Å². The molecule has 2 unspecified atom stereocenters. The fraction of sp³-hybridized carbons (Fsp3) is 0.519. The van der Waals surface area contributed by atoms with Crippen molar-refractivity contribution < 1.29 is 23.1 Å². The highest BCUT2D eigenvalue weighted by molar-refractivity contribution is 7.89. The smallest absolute Gasteiger partial charge is 0.411 e. The maximum Gasteiger partial charge on any atom is 0.411 e. The Labute approximate surface area is 214 Å². The first-order chi connectivity index (χ1) is 17.2. The topological polar surface area (TPSA) is 99.2 Å². The van der Waals surface area contributed by atoms with E-state index in [0.29, 0.717) is 37.3 Å². The van der Waals surface area contributed by atoms with Gasteiger partial charge in [0.1, 0.15) is 0 Å². The van der Waals surface area contributed by atoms with E-state index in [9.17, 15) is 18.3 Å². The number of benzene rings is 2. The van der Waals surface area contributed by atoms with Crippen molar-refractivity contribution in [3.63, 3.8) is 0 Å². The van der Waals surface area contributed by atoms with Crippen molar-refractivity contribution in [1.29, 1.82) is 0 Å². The summed E-state index contributed by atoms with van der Waals surface area (Å²) in [6, 6.07) is 12.4. The van der Waals surface area contributed by atoms with Gasteiger partial charge in [0, 0.05) is 36.9 Å². The van der Waals surface area contributed by atoms with E-state index in [-0.39, 0.29) is 29.7 Å². The van der Waals surface area contributed by atoms with Crippen molar-refractivity contribution in [2.24, 2.45) is 5.92 Å². The van der Waals surface area contributed by atoms with E-state index >= 15 is 0 Å². The Bertz CT molecular complexity index is 1160. The number of nitrogens with zero attached hydrogens (tertiary/aromatic N) is 2. The van der Waals surface area contributed by atoms with Crippen LogP contribution in [-0.4, -0.2) is 50.9 Å². The molecule has 2 heterocycles. The van der Waals surface area contributed by atoms with Crippen LogP contribution >= 0.6 is 0 Å². The van der Waals surface area contributed by atoms with Gasteiger partial charge < -0.3 is 19.6 Å². The van der Waals surface area contributed by atoms with Crippen LogP contribution in [0.3, 0.4) is 0 Å². The zero-order valence-corrected chi connectivity index (χ0v) is 22.1. The van der Waals surface area contributed by atoms with Crippen LogP contribution in [0.25, 0.3) is 0 Å². The maximum atomic E-state index is 13.4. The third-order valence-electron chi connectivity index (χ3n) is 7.09. The number of carbonyl (C=O) groups is 1. The van der Waals surface area contributed by atoms with Gasteiger partial charge in [0.15, 0.2) is 6.73 Å². The van der Waals surface area contributed by atoms with E-state index in [0.717, 1.165) is 24.8 Å². The molecule has 2 aromatic rings. The predicted octanol–water partition coefficient (Wildman–Crippen LogP) is 4.36. The van der Waals surface area contributed by atoms with Crippen molar-refractivity contribution in [2.75, 3.05) is 31.3 Å². The van der Waals surface area contributed by atoms with Crippen LogP contribution in [0, 0.1) is 5.92 Å². The van der Waals surface area contributed by atoms with Gasteiger partial charge in [-0.3, -0.25) is 0 Å². The quantitative estimate of drug-likeness (QED) is 0.542. The molecule has 1 amide bonds. The molecule has 0 aliphatic carbocycles. The lowest BCUT2D eigenvalue weighted by atomic mass is 9.96. The van der Waals surface area contributed by atoms with Crippen LogP contribution in [-0.2, 0) is 21.2 Å². The molecule has 9 heteroatoms. The zero-order valence-electron chi connectivity index (χ0n) is 21.3. The molecular weight excluding hydrogens is 478 g/mol. The minimum absolute atomic E-state index is 0.0382. The first-order valence-electron chi connectivity index (χ1n) is 12.8. The first kappa shape index (κ1) is 26.4. The number of sulfonamides is 1. The molecule has 1 fully saturated rings. The molecule has 4 rings (SSSR count). The first-order valence-corrected chi connectivity index (χ1v) is 14.3. The molecule has 0 bridgehead atoms. The number of ether oxygens (including phenoxy) is 1. The number of aliphatic hydroxyl groups excluding tert-OH is 1. The van der Waals surface area contributed by atoms with E-state index in [4.69, 9.17) is 4.74 Å². The monoisotopic (exact) mass is 515 g/mol. The Kier molecular flexibility index (Phi) is 8.22. The Balaban J connectivity index is 1.52. The summed E-state index contributed by atoms with van der Waals surface area (Å²) in [6.07, 6.45) is 2.19. The molecule has 2 aliphatic rings. The number of amides is 1. The summed E-state index contributed by atoms with van der Waals surface area (Å²) in [5.41, 5.74) is 3.31. The summed E-state index contributed by atoms with van der Waals surface area (Å²) < 4.78 is 35.2. The number of hydrogen-bond acceptors (Lipinski definition) is 6. The van der Waals surface area contributed by atoms with Gasteiger partial charge >= 0.3 is 6.09 Å². The highest BCUT2D eigenvalue weighted by Gasteiger charge is 2.29. The number of anilines is 1. The second-order valence-corrected chi connectivity index (χ2v) is 11.7. The summed E-state index contributed by atoms with van der Waals surface area (Å²) in [5, 5.41) is 10.7. The van der Waals surface area contributed by atoms with Crippen LogP contribution in [0.5, 0.6) is 0 Å².